The van der Waals surface area contributed by atoms with Crippen molar-refractivity contribution in [2.45, 2.75) is 29.6 Å². The number of sulfonamides is 2. The molecule has 4 rings (SSSR count). The van der Waals surface area contributed by atoms with Crippen LogP contribution in [0.2, 0.25) is 0 Å². The van der Waals surface area contributed by atoms with Gasteiger partial charge in [0, 0.05) is 43.4 Å². The van der Waals surface area contributed by atoms with Crippen LogP contribution in [0.25, 0.3) is 0 Å². The number of anilines is 2. The molecule has 0 unspecified atom stereocenters. The summed E-state index contributed by atoms with van der Waals surface area (Å²) >= 11 is 1.94. The van der Waals surface area contributed by atoms with Gasteiger partial charge in [0.05, 0.1) is 15.5 Å². The maximum Gasteiger partial charge on any atom is 0.261 e. The highest BCUT2D eigenvalue weighted by atomic mass is 32.2. The van der Waals surface area contributed by atoms with Gasteiger partial charge in [-0.2, -0.15) is 16.1 Å². The zero-order valence-corrected chi connectivity index (χ0v) is 19.9. The van der Waals surface area contributed by atoms with Gasteiger partial charge in [0.1, 0.15) is 0 Å². The third-order valence-corrected chi connectivity index (χ3v) is 9.90. The molecule has 2 heterocycles. The number of thioether (sulfide) groups is 1. The molecule has 10 heteroatoms. The van der Waals surface area contributed by atoms with Crippen LogP contribution in [0.3, 0.4) is 0 Å². The Kier molecular flexibility index (Phi) is 6.52. The Labute approximate surface area is 188 Å². The van der Waals surface area contributed by atoms with Crippen LogP contribution in [0.5, 0.6) is 0 Å². The van der Waals surface area contributed by atoms with Crippen LogP contribution >= 0.6 is 11.8 Å². The average Bonchev–Trinajstić information content (AvgIpc) is 3.32. The standard InChI is InChI=1S/C21H27N3O4S3/c1-17-16-18(23-12-14-29-15-13-23)4-9-21(17)22-30(25,26)19-5-7-20(8-6-19)31(27,28)24-10-2-3-11-24/h4-9,16,22H,2-3,10-15H2,1H3. The molecule has 2 aromatic carbocycles. The summed E-state index contributed by atoms with van der Waals surface area (Å²) in [7, 11) is -7.40. The average molecular weight is 482 g/mol. The van der Waals surface area contributed by atoms with Crippen molar-refractivity contribution in [3.63, 3.8) is 0 Å². The topological polar surface area (TPSA) is 86.8 Å². The summed E-state index contributed by atoms with van der Waals surface area (Å²) in [5.74, 6) is 2.19. The van der Waals surface area contributed by atoms with Gasteiger partial charge in [-0.05, 0) is 67.8 Å². The van der Waals surface area contributed by atoms with E-state index in [1.54, 1.807) is 6.07 Å². The minimum Gasteiger partial charge on any atom is -0.370 e. The van der Waals surface area contributed by atoms with E-state index in [0.717, 1.165) is 48.7 Å². The van der Waals surface area contributed by atoms with Gasteiger partial charge in [0.2, 0.25) is 10.0 Å². The lowest BCUT2D eigenvalue weighted by Crippen LogP contribution is -2.32. The number of rotatable bonds is 6. The molecule has 0 aliphatic carbocycles. The molecule has 2 fully saturated rings. The second-order valence-electron chi connectivity index (χ2n) is 7.79. The number of nitrogens with zero attached hydrogens (tertiary/aromatic N) is 2. The fourth-order valence-corrected chi connectivity index (χ4v) is 7.40. The first kappa shape index (κ1) is 22.4. The van der Waals surface area contributed by atoms with E-state index in [1.807, 2.05) is 30.8 Å². The lowest BCUT2D eigenvalue weighted by Gasteiger charge is -2.29. The molecule has 0 bridgehead atoms. The summed E-state index contributed by atoms with van der Waals surface area (Å²) < 4.78 is 55.1. The highest BCUT2D eigenvalue weighted by Gasteiger charge is 2.27. The van der Waals surface area contributed by atoms with E-state index >= 15 is 0 Å². The van der Waals surface area contributed by atoms with Gasteiger partial charge in [-0.1, -0.05) is 0 Å². The van der Waals surface area contributed by atoms with E-state index in [0.29, 0.717) is 18.8 Å². The zero-order chi connectivity index (χ0) is 22.1. The minimum atomic E-state index is -3.83. The molecule has 0 atom stereocenters. The molecule has 0 spiro atoms. The summed E-state index contributed by atoms with van der Waals surface area (Å²) in [6.45, 7) is 4.88. The Morgan fingerprint density at radius 1 is 0.839 bits per heavy atom. The molecule has 2 aliphatic heterocycles. The first-order valence-electron chi connectivity index (χ1n) is 10.3. The van der Waals surface area contributed by atoms with Crippen LogP contribution in [0.15, 0.2) is 52.3 Å². The van der Waals surface area contributed by atoms with Crippen LogP contribution in [0, 0.1) is 6.92 Å². The molecule has 2 saturated heterocycles. The van der Waals surface area contributed by atoms with E-state index in [2.05, 4.69) is 9.62 Å². The molecule has 0 radical (unpaired) electrons. The number of benzene rings is 2. The molecule has 0 saturated carbocycles. The number of aryl methyl sites for hydroxylation is 1. The highest BCUT2D eigenvalue weighted by Crippen LogP contribution is 2.27. The number of hydrogen-bond donors (Lipinski definition) is 1. The largest absolute Gasteiger partial charge is 0.370 e. The Morgan fingerprint density at radius 3 is 2.06 bits per heavy atom. The second kappa shape index (κ2) is 9.01. The molecular formula is C21H27N3O4S3. The van der Waals surface area contributed by atoms with E-state index in [-0.39, 0.29) is 9.79 Å². The van der Waals surface area contributed by atoms with Crippen molar-refractivity contribution < 1.29 is 16.8 Å². The van der Waals surface area contributed by atoms with Gasteiger partial charge in [-0.25, -0.2) is 16.8 Å². The van der Waals surface area contributed by atoms with Crippen molar-refractivity contribution in [3.8, 4) is 0 Å². The lowest BCUT2D eigenvalue weighted by atomic mass is 10.1. The molecule has 7 nitrogen and oxygen atoms in total. The predicted molar refractivity (Wildman–Crippen MR) is 126 cm³/mol. The van der Waals surface area contributed by atoms with Crippen molar-refractivity contribution in [2.75, 3.05) is 47.3 Å². The second-order valence-corrected chi connectivity index (χ2v) is 12.6. The normalized spacial score (nSPS) is 18.3. The number of hydrogen-bond acceptors (Lipinski definition) is 6. The lowest BCUT2D eigenvalue weighted by molar-refractivity contribution is 0.477. The van der Waals surface area contributed by atoms with Crippen molar-refractivity contribution in [3.05, 3.63) is 48.0 Å². The van der Waals surface area contributed by atoms with Gasteiger partial charge in [0.25, 0.3) is 10.0 Å². The van der Waals surface area contributed by atoms with E-state index in [1.165, 1.54) is 28.6 Å². The van der Waals surface area contributed by atoms with Crippen molar-refractivity contribution in [1.29, 1.82) is 0 Å². The van der Waals surface area contributed by atoms with Gasteiger partial charge in [0.15, 0.2) is 0 Å². The fourth-order valence-electron chi connectivity index (χ4n) is 3.85. The Hall–Kier alpha value is -1.75. The summed E-state index contributed by atoms with van der Waals surface area (Å²) in [5.41, 5.74) is 2.45. The number of nitrogens with one attached hydrogen (secondary N) is 1. The Bertz CT molecular complexity index is 1140. The van der Waals surface area contributed by atoms with E-state index in [4.69, 9.17) is 0 Å². The minimum absolute atomic E-state index is 0.0319. The molecule has 0 amide bonds. The molecule has 2 aromatic rings. The van der Waals surface area contributed by atoms with Crippen LogP contribution in [0.4, 0.5) is 11.4 Å². The molecular weight excluding hydrogens is 454 g/mol. The van der Waals surface area contributed by atoms with Gasteiger partial charge < -0.3 is 4.90 Å². The van der Waals surface area contributed by atoms with Crippen molar-refractivity contribution in [2.24, 2.45) is 0 Å². The van der Waals surface area contributed by atoms with Gasteiger partial charge in [-0.3, -0.25) is 4.72 Å². The van der Waals surface area contributed by atoms with E-state index < -0.39 is 20.0 Å². The first-order chi connectivity index (χ1) is 14.8. The van der Waals surface area contributed by atoms with Gasteiger partial charge >= 0.3 is 0 Å². The highest BCUT2D eigenvalue weighted by molar-refractivity contribution is 7.99. The zero-order valence-electron chi connectivity index (χ0n) is 17.5. The van der Waals surface area contributed by atoms with Crippen LogP contribution in [-0.2, 0) is 20.0 Å². The molecule has 1 N–H and O–H groups in total. The first-order valence-corrected chi connectivity index (χ1v) is 14.4. The summed E-state index contributed by atoms with van der Waals surface area (Å²) in [6, 6.07) is 11.2. The maximum atomic E-state index is 12.9. The summed E-state index contributed by atoms with van der Waals surface area (Å²) in [4.78, 5) is 2.46. The van der Waals surface area contributed by atoms with Gasteiger partial charge in [-0.15, -0.1) is 0 Å². The Balaban J connectivity index is 1.51. The Morgan fingerprint density at radius 2 is 1.45 bits per heavy atom. The maximum absolute atomic E-state index is 12.9. The molecule has 2 aliphatic rings. The van der Waals surface area contributed by atoms with Crippen LogP contribution < -0.4 is 9.62 Å². The smallest absolute Gasteiger partial charge is 0.261 e. The monoisotopic (exact) mass is 481 g/mol. The van der Waals surface area contributed by atoms with Crippen molar-refractivity contribution >= 4 is 43.2 Å². The third-order valence-electron chi connectivity index (χ3n) is 5.67. The SMILES string of the molecule is Cc1cc(N2CCSCC2)ccc1NS(=O)(=O)c1ccc(S(=O)(=O)N2CCCC2)cc1. The van der Waals surface area contributed by atoms with Crippen molar-refractivity contribution in [1.82, 2.24) is 4.31 Å². The fraction of sp³-hybridized carbons (Fsp3) is 0.429. The summed E-state index contributed by atoms with van der Waals surface area (Å²) in [5, 5.41) is 0. The molecule has 168 valence electrons. The van der Waals surface area contributed by atoms with Crippen LogP contribution in [0.1, 0.15) is 18.4 Å². The van der Waals surface area contributed by atoms with Crippen LogP contribution in [-0.4, -0.2) is 58.8 Å². The van der Waals surface area contributed by atoms with E-state index in [9.17, 15) is 16.8 Å². The summed E-state index contributed by atoms with van der Waals surface area (Å²) in [6.07, 6.45) is 1.70. The third kappa shape index (κ3) is 4.87. The molecule has 0 aromatic heterocycles. The predicted octanol–water partition coefficient (Wildman–Crippen LogP) is 3.13. The quantitative estimate of drug-likeness (QED) is 0.682. The molecule has 31 heavy (non-hydrogen) atoms.